The number of hydrogen-bond acceptors (Lipinski definition) is 0. The SMILES string of the molecule is ICCCC#Cc1ccccc1. The van der Waals surface area contributed by atoms with Gasteiger partial charge in [0, 0.05) is 16.4 Å². The van der Waals surface area contributed by atoms with E-state index in [4.69, 9.17) is 0 Å². The maximum Gasteiger partial charge on any atom is 0.0245 e. The Morgan fingerprint density at radius 1 is 1.17 bits per heavy atom. The minimum absolute atomic E-state index is 1.01. The molecule has 0 fully saturated rings. The van der Waals surface area contributed by atoms with Crippen molar-refractivity contribution < 1.29 is 0 Å². The Morgan fingerprint density at radius 3 is 2.58 bits per heavy atom. The molecule has 0 aliphatic heterocycles. The van der Waals surface area contributed by atoms with Crippen molar-refractivity contribution >= 4 is 22.6 Å². The maximum absolute atomic E-state index is 3.15. The number of unbranched alkanes of at least 4 members (excludes halogenated alkanes) is 1. The van der Waals surface area contributed by atoms with Crippen LogP contribution in [0.25, 0.3) is 0 Å². The lowest BCUT2D eigenvalue weighted by Gasteiger charge is -1.86. The molecule has 1 aromatic carbocycles. The van der Waals surface area contributed by atoms with Gasteiger partial charge in [0.1, 0.15) is 0 Å². The lowest BCUT2D eigenvalue weighted by Crippen LogP contribution is -1.73. The van der Waals surface area contributed by atoms with Gasteiger partial charge in [-0.25, -0.2) is 0 Å². The van der Waals surface area contributed by atoms with Gasteiger partial charge in [-0.2, -0.15) is 0 Å². The Morgan fingerprint density at radius 2 is 1.92 bits per heavy atom. The number of benzene rings is 1. The van der Waals surface area contributed by atoms with Gasteiger partial charge in [0.05, 0.1) is 0 Å². The molecule has 0 atom stereocenters. The number of alkyl halides is 1. The fraction of sp³-hybridized carbons (Fsp3) is 0.273. The largest absolute Gasteiger partial charge is 0.0979 e. The number of hydrogen-bond donors (Lipinski definition) is 0. The van der Waals surface area contributed by atoms with Crippen molar-refractivity contribution in [3.8, 4) is 11.8 Å². The second-order valence-electron chi connectivity index (χ2n) is 2.46. The first kappa shape index (κ1) is 9.60. The predicted molar refractivity (Wildman–Crippen MR) is 61.4 cm³/mol. The van der Waals surface area contributed by atoms with Crippen LogP contribution in [0.4, 0.5) is 0 Å². The summed E-state index contributed by atoms with van der Waals surface area (Å²) in [5, 5.41) is 0. The molecule has 0 bridgehead atoms. The number of rotatable bonds is 2. The van der Waals surface area contributed by atoms with E-state index in [2.05, 4.69) is 34.4 Å². The molecule has 0 nitrogen and oxygen atoms in total. The van der Waals surface area contributed by atoms with Crippen LogP contribution in [-0.2, 0) is 0 Å². The molecular weight excluding hydrogens is 259 g/mol. The molecule has 0 amide bonds. The molecule has 1 rings (SSSR count). The third kappa shape index (κ3) is 3.77. The van der Waals surface area contributed by atoms with E-state index in [0.717, 1.165) is 12.0 Å². The van der Waals surface area contributed by atoms with Gasteiger partial charge < -0.3 is 0 Å². The molecule has 0 aromatic heterocycles. The van der Waals surface area contributed by atoms with Gasteiger partial charge in [0.2, 0.25) is 0 Å². The zero-order valence-corrected chi connectivity index (χ0v) is 9.04. The highest BCUT2D eigenvalue weighted by Gasteiger charge is 1.81. The van der Waals surface area contributed by atoms with Crippen molar-refractivity contribution in [2.24, 2.45) is 0 Å². The fourth-order valence-corrected chi connectivity index (χ4v) is 1.22. The first-order valence-electron chi connectivity index (χ1n) is 4.03. The van der Waals surface area contributed by atoms with Crippen LogP contribution in [-0.4, -0.2) is 4.43 Å². The molecule has 1 heteroatoms. The van der Waals surface area contributed by atoms with Crippen molar-refractivity contribution in [3.05, 3.63) is 35.9 Å². The summed E-state index contributed by atoms with van der Waals surface area (Å²) in [4.78, 5) is 0. The molecule has 0 saturated heterocycles. The summed E-state index contributed by atoms with van der Waals surface area (Å²) in [6, 6.07) is 10.1. The summed E-state index contributed by atoms with van der Waals surface area (Å²) < 4.78 is 1.20. The van der Waals surface area contributed by atoms with Gasteiger partial charge in [0.15, 0.2) is 0 Å². The molecule has 0 aliphatic carbocycles. The monoisotopic (exact) mass is 270 g/mol. The fourth-order valence-electron chi connectivity index (χ4n) is 0.841. The molecule has 0 spiro atoms. The summed E-state index contributed by atoms with van der Waals surface area (Å²) in [5.74, 6) is 6.27. The van der Waals surface area contributed by atoms with Crippen molar-refractivity contribution in [2.45, 2.75) is 12.8 Å². The first-order valence-corrected chi connectivity index (χ1v) is 5.56. The highest BCUT2D eigenvalue weighted by atomic mass is 127. The second kappa shape index (κ2) is 6.07. The Kier molecular flexibility index (Phi) is 4.86. The van der Waals surface area contributed by atoms with E-state index in [1.54, 1.807) is 0 Å². The third-order valence-electron chi connectivity index (χ3n) is 1.44. The summed E-state index contributed by atoms with van der Waals surface area (Å²) >= 11 is 2.37. The minimum Gasteiger partial charge on any atom is -0.0979 e. The molecule has 0 saturated carbocycles. The zero-order chi connectivity index (χ0) is 8.65. The lowest BCUT2D eigenvalue weighted by molar-refractivity contribution is 1.01. The van der Waals surface area contributed by atoms with Gasteiger partial charge in [-0.15, -0.1) is 0 Å². The topological polar surface area (TPSA) is 0 Å². The average molecular weight is 270 g/mol. The van der Waals surface area contributed by atoms with E-state index in [1.807, 2.05) is 30.3 Å². The second-order valence-corrected chi connectivity index (χ2v) is 3.54. The summed E-state index contributed by atoms with van der Waals surface area (Å²) in [5.41, 5.74) is 1.12. The van der Waals surface area contributed by atoms with Crippen molar-refractivity contribution in [2.75, 3.05) is 4.43 Å². The van der Waals surface area contributed by atoms with Crippen LogP contribution in [0.2, 0.25) is 0 Å². The highest BCUT2D eigenvalue weighted by Crippen LogP contribution is 1.96. The standard InChI is InChI=1S/C11H11I/c12-10-6-2-5-9-11-7-3-1-4-8-11/h1,3-4,7-8H,2,6,10H2. The van der Waals surface area contributed by atoms with Crippen molar-refractivity contribution in [1.29, 1.82) is 0 Å². The Labute approximate surface area is 87.5 Å². The van der Waals surface area contributed by atoms with Crippen LogP contribution in [0.1, 0.15) is 18.4 Å². The normalized spacial score (nSPS) is 8.75. The highest BCUT2D eigenvalue weighted by molar-refractivity contribution is 14.1. The van der Waals surface area contributed by atoms with E-state index >= 15 is 0 Å². The zero-order valence-electron chi connectivity index (χ0n) is 6.89. The molecule has 0 N–H and O–H groups in total. The smallest absolute Gasteiger partial charge is 0.0245 e. The van der Waals surface area contributed by atoms with Crippen LogP contribution >= 0.6 is 22.6 Å². The molecule has 0 aliphatic rings. The van der Waals surface area contributed by atoms with Crippen LogP contribution in [0.5, 0.6) is 0 Å². The van der Waals surface area contributed by atoms with Crippen molar-refractivity contribution in [3.63, 3.8) is 0 Å². The molecule has 62 valence electrons. The molecular formula is C11H11I. The predicted octanol–water partition coefficient (Wildman–Crippen LogP) is 3.25. The van der Waals surface area contributed by atoms with Gasteiger partial charge in [-0.3, -0.25) is 0 Å². The van der Waals surface area contributed by atoms with Crippen LogP contribution < -0.4 is 0 Å². The Balaban J connectivity index is 2.44. The number of halogens is 1. The summed E-state index contributed by atoms with van der Waals surface area (Å²) in [6.45, 7) is 0. The average Bonchev–Trinajstić information content (AvgIpc) is 2.14. The third-order valence-corrected chi connectivity index (χ3v) is 2.20. The Bertz CT molecular complexity index is 266. The van der Waals surface area contributed by atoms with Crippen LogP contribution in [0.15, 0.2) is 30.3 Å². The molecule has 0 unspecified atom stereocenters. The van der Waals surface area contributed by atoms with E-state index in [9.17, 15) is 0 Å². The summed E-state index contributed by atoms with van der Waals surface area (Å²) in [6.07, 6.45) is 2.21. The molecule has 1 aromatic rings. The Hall–Kier alpha value is -0.490. The minimum atomic E-state index is 1.01. The summed E-state index contributed by atoms with van der Waals surface area (Å²) in [7, 11) is 0. The molecule has 0 radical (unpaired) electrons. The van der Waals surface area contributed by atoms with Gasteiger partial charge in [-0.1, -0.05) is 52.6 Å². The quantitative estimate of drug-likeness (QED) is 0.335. The van der Waals surface area contributed by atoms with Crippen LogP contribution in [0.3, 0.4) is 0 Å². The van der Waals surface area contributed by atoms with Gasteiger partial charge in [0.25, 0.3) is 0 Å². The van der Waals surface area contributed by atoms with E-state index < -0.39 is 0 Å². The molecule has 12 heavy (non-hydrogen) atoms. The van der Waals surface area contributed by atoms with Crippen LogP contribution in [0, 0.1) is 11.8 Å². The van der Waals surface area contributed by atoms with Crippen molar-refractivity contribution in [1.82, 2.24) is 0 Å². The van der Waals surface area contributed by atoms with E-state index in [1.165, 1.54) is 10.8 Å². The first-order chi connectivity index (χ1) is 5.93. The van der Waals surface area contributed by atoms with Gasteiger partial charge in [-0.05, 0) is 18.6 Å². The van der Waals surface area contributed by atoms with E-state index in [0.29, 0.717) is 0 Å². The van der Waals surface area contributed by atoms with E-state index in [-0.39, 0.29) is 0 Å². The molecule has 0 heterocycles. The lowest BCUT2D eigenvalue weighted by atomic mass is 10.2. The van der Waals surface area contributed by atoms with Gasteiger partial charge >= 0.3 is 0 Å². The maximum atomic E-state index is 3.15.